The molecule has 2 rings (SSSR count). The molecule has 0 radical (unpaired) electrons. The van der Waals surface area contributed by atoms with Crippen LogP contribution >= 0.6 is 0 Å². The lowest BCUT2D eigenvalue weighted by molar-refractivity contribution is -0.223. The highest BCUT2D eigenvalue weighted by Crippen LogP contribution is 2.41. The van der Waals surface area contributed by atoms with E-state index in [0.29, 0.717) is 31.1 Å². The molecule has 0 N–H and O–H groups in total. The van der Waals surface area contributed by atoms with Crippen molar-refractivity contribution in [1.29, 1.82) is 0 Å². The normalized spacial score (nSPS) is 21.3. The Kier molecular flexibility index (Phi) is 7.29. The van der Waals surface area contributed by atoms with Crippen molar-refractivity contribution >= 4 is 0 Å². The molecule has 0 bridgehead atoms. The average molecular weight is 378 g/mol. The van der Waals surface area contributed by atoms with Gasteiger partial charge in [0.1, 0.15) is 5.75 Å². The van der Waals surface area contributed by atoms with Gasteiger partial charge in [0.2, 0.25) is 0 Å². The molecule has 1 aromatic carbocycles. The molecule has 1 saturated carbocycles. The van der Waals surface area contributed by atoms with E-state index in [1.807, 2.05) is 0 Å². The summed E-state index contributed by atoms with van der Waals surface area (Å²) in [6.45, 7) is 2.08. The van der Waals surface area contributed by atoms with Gasteiger partial charge in [0.05, 0.1) is 12.2 Å². The van der Waals surface area contributed by atoms with Crippen molar-refractivity contribution in [2.75, 3.05) is 0 Å². The van der Waals surface area contributed by atoms with Crippen LogP contribution in [-0.2, 0) is 0 Å². The van der Waals surface area contributed by atoms with Crippen molar-refractivity contribution in [2.24, 2.45) is 11.8 Å². The molecule has 1 aliphatic rings. The molecule has 0 aliphatic heterocycles. The number of ether oxygens (including phenoxy) is 2. The Bertz CT molecular complexity index is 596. The Morgan fingerprint density at radius 1 is 1.19 bits per heavy atom. The maximum atomic E-state index is 14.4. The first-order valence-electron chi connectivity index (χ1n) is 8.79. The van der Waals surface area contributed by atoms with Gasteiger partial charge in [-0.25, -0.2) is 13.2 Å². The Labute approximate surface area is 150 Å². The molecule has 0 atom stereocenters. The van der Waals surface area contributed by atoms with Gasteiger partial charge in [-0.2, -0.15) is 8.78 Å². The van der Waals surface area contributed by atoms with Crippen molar-refractivity contribution in [3.05, 3.63) is 36.4 Å². The molecule has 0 unspecified atom stereocenters. The Morgan fingerprint density at radius 3 is 2.46 bits per heavy atom. The lowest BCUT2D eigenvalue weighted by Gasteiger charge is -2.33. The molecule has 0 amide bonds. The summed E-state index contributed by atoms with van der Waals surface area (Å²) in [6.07, 6.45) is -0.703. The second kappa shape index (κ2) is 9.24. The third-order valence-corrected chi connectivity index (χ3v) is 4.60. The van der Waals surface area contributed by atoms with Crippen LogP contribution in [0, 0.1) is 17.7 Å². The van der Waals surface area contributed by atoms with Crippen molar-refractivity contribution < 1.29 is 31.4 Å². The Balaban J connectivity index is 1.95. The first-order valence-corrected chi connectivity index (χ1v) is 8.79. The fourth-order valence-corrected chi connectivity index (χ4v) is 3.25. The summed E-state index contributed by atoms with van der Waals surface area (Å²) in [5.41, 5.74) is 0. The van der Waals surface area contributed by atoms with Crippen molar-refractivity contribution in [3.63, 3.8) is 0 Å². The molecular weight excluding hydrogens is 355 g/mol. The van der Waals surface area contributed by atoms with Crippen molar-refractivity contribution in [1.82, 2.24) is 0 Å². The van der Waals surface area contributed by atoms with E-state index >= 15 is 0 Å². The van der Waals surface area contributed by atoms with Gasteiger partial charge in [-0.3, -0.25) is 0 Å². The van der Waals surface area contributed by atoms with Gasteiger partial charge in [-0.15, -0.1) is 0 Å². The summed E-state index contributed by atoms with van der Waals surface area (Å²) in [5, 5.41) is 0. The zero-order valence-corrected chi connectivity index (χ0v) is 14.6. The van der Waals surface area contributed by atoms with Crippen LogP contribution in [0.5, 0.6) is 11.5 Å². The monoisotopic (exact) mass is 378 g/mol. The molecule has 26 heavy (non-hydrogen) atoms. The highest BCUT2D eigenvalue weighted by molar-refractivity contribution is 5.33. The fourth-order valence-electron chi connectivity index (χ4n) is 3.25. The predicted octanol–water partition coefficient (Wildman–Crippen LogP) is 6.56. The summed E-state index contributed by atoms with van der Waals surface area (Å²) in [7, 11) is 0. The number of halogens is 5. The predicted molar refractivity (Wildman–Crippen MR) is 88.1 cm³/mol. The van der Waals surface area contributed by atoms with Gasteiger partial charge in [-0.1, -0.05) is 19.8 Å². The molecule has 1 aromatic rings. The van der Waals surface area contributed by atoms with Gasteiger partial charge in [-0.05, 0) is 43.7 Å². The summed E-state index contributed by atoms with van der Waals surface area (Å²) < 4.78 is 76.0. The maximum Gasteiger partial charge on any atom is 0.400 e. The largest absolute Gasteiger partial charge is 0.462 e. The molecule has 146 valence electrons. The molecule has 1 fully saturated rings. The summed E-state index contributed by atoms with van der Waals surface area (Å²) in [4.78, 5) is 0. The molecule has 0 heterocycles. The lowest BCUT2D eigenvalue weighted by atomic mass is 9.79. The number of allylic oxidation sites excluding steroid dienone is 1. The minimum Gasteiger partial charge on any atom is -0.462 e. The fraction of sp³-hybridized carbons (Fsp3) is 0.579. The number of rotatable bonds is 8. The maximum absolute atomic E-state index is 14.4. The molecule has 0 spiro atoms. The van der Waals surface area contributed by atoms with Crippen LogP contribution in [0.4, 0.5) is 22.0 Å². The van der Waals surface area contributed by atoms with Gasteiger partial charge in [0, 0.05) is 12.1 Å². The van der Waals surface area contributed by atoms with Crippen LogP contribution in [0.1, 0.15) is 45.4 Å². The van der Waals surface area contributed by atoms with Gasteiger partial charge < -0.3 is 9.47 Å². The third-order valence-electron chi connectivity index (χ3n) is 4.60. The van der Waals surface area contributed by atoms with Gasteiger partial charge in [0.15, 0.2) is 11.6 Å². The first-order chi connectivity index (χ1) is 12.3. The topological polar surface area (TPSA) is 18.5 Å². The quantitative estimate of drug-likeness (QED) is 0.377. The smallest absolute Gasteiger partial charge is 0.400 e. The molecule has 7 heteroatoms. The second-order valence-electron chi connectivity index (χ2n) is 6.54. The summed E-state index contributed by atoms with van der Waals surface area (Å²) in [5.74, 6) is -2.05. The van der Waals surface area contributed by atoms with E-state index < -0.39 is 24.3 Å². The minimum atomic E-state index is -3.39. The Morgan fingerprint density at radius 2 is 1.88 bits per heavy atom. The van der Waals surface area contributed by atoms with E-state index in [1.165, 1.54) is 0 Å². The van der Waals surface area contributed by atoms with Crippen LogP contribution in [0.2, 0.25) is 0 Å². The standard InChI is InChI=1S/C19H23F5O2/c1-2-3-13-4-6-14(7-5-13)19(23,24)26-15-8-9-17(16(20)12-15)25-11-10-18(21)22/h8-14,18H,2-7H2,1H3. The zero-order chi connectivity index (χ0) is 19.2. The van der Waals surface area contributed by atoms with Crippen LogP contribution in [0.25, 0.3) is 0 Å². The number of hydrogen-bond donors (Lipinski definition) is 0. The zero-order valence-electron chi connectivity index (χ0n) is 14.6. The Hall–Kier alpha value is -1.79. The van der Waals surface area contributed by atoms with E-state index in [4.69, 9.17) is 9.47 Å². The summed E-state index contributed by atoms with van der Waals surface area (Å²) >= 11 is 0. The molecule has 2 nitrogen and oxygen atoms in total. The number of alkyl halides is 4. The first kappa shape index (κ1) is 20.5. The molecule has 0 aromatic heterocycles. The SMILES string of the molecule is CCCC1CCC(C(F)(F)Oc2ccc(OC=CC(F)F)c(F)c2)CC1. The van der Waals surface area contributed by atoms with Gasteiger partial charge >= 0.3 is 6.11 Å². The van der Waals surface area contributed by atoms with Crippen molar-refractivity contribution in [2.45, 2.75) is 58.0 Å². The minimum absolute atomic E-state index is 0.326. The van der Waals surface area contributed by atoms with Gasteiger partial charge in [0.25, 0.3) is 6.43 Å². The summed E-state index contributed by atoms with van der Waals surface area (Å²) in [6, 6.07) is 2.96. The van der Waals surface area contributed by atoms with E-state index in [9.17, 15) is 22.0 Å². The van der Waals surface area contributed by atoms with Crippen molar-refractivity contribution in [3.8, 4) is 11.5 Å². The second-order valence-corrected chi connectivity index (χ2v) is 6.54. The van der Waals surface area contributed by atoms with E-state index in [-0.39, 0.29) is 11.5 Å². The number of hydrogen-bond acceptors (Lipinski definition) is 2. The van der Waals surface area contributed by atoms with Crippen LogP contribution in [0.3, 0.4) is 0 Å². The van der Waals surface area contributed by atoms with Crippen LogP contribution < -0.4 is 9.47 Å². The van der Waals surface area contributed by atoms with E-state index in [1.54, 1.807) is 0 Å². The van der Waals surface area contributed by atoms with E-state index in [0.717, 1.165) is 43.9 Å². The lowest BCUT2D eigenvalue weighted by Crippen LogP contribution is -2.37. The average Bonchev–Trinajstić information content (AvgIpc) is 2.57. The number of benzene rings is 1. The molecule has 1 aliphatic carbocycles. The van der Waals surface area contributed by atoms with Crippen LogP contribution in [0.15, 0.2) is 30.5 Å². The van der Waals surface area contributed by atoms with E-state index in [2.05, 4.69) is 6.92 Å². The molecule has 0 saturated heterocycles. The third kappa shape index (κ3) is 5.88. The molecular formula is C19H23F5O2. The highest BCUT2D eigenvalue weighted by atomic mass is 19.3. The van der Waals surface area contributed by atoms with Crippen LogP contribution in [-0.4, -0.2) is 12.5 Å². The highest BCUT2D eigenvalue weighted by Gasteiger charge is 2.43.